The summed E-state index contributed by atoms with van der Waals surface area (Å²) >= 11 is 6.31. The number of para-hydroxylation sites is 1. The van der Waals surface area contributed by atoms with Crippen molar-refractivity contribution in [2.45, 2.75) is 33.7 Å². The van der Waals surface area contributed by atoms with Gasteiger partial charge in [0.25, 0.3) is 0 Å². The lowest BCUT2D eigenvalue weighted by Gasteiger charge is -2.33. The van der Waals surface area contributed by atoms with Crippen LogP contribution in [0.25, 0.3) is 0 Å². The Morgan fingerprint density at radius 2 is 1.85 bits per heavy atom. The number of halogens is 1. The summed E-state index contributed by atoms with van der Waals surface area (Å²) in [5, 5.41) is 0.799. The topological polar surface area (TPSA) is 29.7 Å². The maximum absolute atomic E-state index is 12.9. The fraction of sp³-hybridized carbons (Fsp3) is 0.476. The van der Waals surface area contributed by atoms with E-state index in [9.17, 15) is 4.79 Å². The van der Waals surface area contributed by atoms with E-state index in [1.807, 2.05) is 18.2 Å². The van der Waals surface area contributed by atoms with Crippen LogP contribution in [0.2, 0.25) is 5.02 Å². The third-order valence-electron chi connectivity index (χ3n) is 5.38. The molecule has 0 radical (unpaired) electrons. The number of hydrogen-bond acceptors (Lipinski definition) is 2. The number of anilines is 1. The Kier molecular flexibility index (Phi) is 5.73. The van der Waals surface area contributed by atoms with Gasteiger partial charge in [0.15, 0.2) is 0 Å². The Balaban J connectivity index is 1.62. The van der Waals surface area contributed by atoms with Crippen LogP contribution in [0, 0.1) is 13.8 Å². The summed E-state index contributed by atoms with van der Waals surface area (Å²) < 4.78 is 2.25. The molecule has 1 aromatic carbocycles. The largest absolute Gasteiger partial charge is 0.359 e. The van der Waals surface area contributed by atoms with Crippen molar-refractivity contribution in [3.63, 3.8) is 0 Å². The number of aryl methyl sites for hydroxylation is 1. The number of hydrogen-bond donors (Lipinski definition) is 1. The van der Waals surface area contributed by atoms with Gasteiger partial charge in [0.2, 0.25) is 5.78 Å². The second kappa shape index (κ2) is 7.85. The number of carbonyl (C=O) groups is 1. The maximum atomic E-state index is 12.9. The molecule has 0 amide bonds. The van der Waals surface area contributed by atoms with Gasteiger partial charge >= 0.3 is 0 Å². The number of rotatable bonds is 5. The van der Waals surface area contributed by atoms with Crippen LogP contribution in [0.3, 0.4) is 0 Å². The zero-order valence-electron chi connectivity index (χ0n) is 16.2. The molecule has 26 heavy (non-hydrogen) atoms. The molecule has 0 saturated carbocycles. The monoisotopic (exact) mass is 374 g/mol. The van der Waals surface area contributed by atoms with Gasteiger partial charge in [-0.3, -0.25) is 4.79 Å². The molecule has 140 valence electrons. The van der Waals surface area contributed by atoms with Gasteiger partial charge in [0, 0.05) is 23.0 Å². The molecule has 1 aliphatic heterocycles. The standard InChI is InChI=1S/C21H28ClN3O/c1-15(2)25-16(3)13-18(17(25)4)21(26)14-23-9-11-24(12-10-23)20-8-6-5-7-19(20)22/h5-8,13,15H,9-12,14H2,1-4H3/p+1. The van der Waals surface area contributed by atoms with Gasteiger partial charge in [-0.25, -0.2) is 0 Å². The fourth-order valence-electron chi connectivity index (χ4n) is 4.13. The average Bonchev–Trinajstić information content (AvgIpc) is 2.91. The van der Waals surface area contributed by atoms with E-state index in [2.05, 4.69) is 49.3 Å². The molecule has 2 aromatic rings. The SMILES string of the molecule is Cc1cc(C(=O)C[NH+]2CCN(c3ccccc3Cl)CC2)c(C)n1C(C)C. The number of quaternary nitrogens is 1. The number of piperazine rings is 1. The van der Waals surface area contributed by atoms with E-state index in [0.29, 0.717) is 12.6 Å². The van der Waals surface area contributed by atoms with Gasteiger partial charge in [-0.1, -0.05) is 23.7 Å². The molecule has 0 bridgehead atoms. The van der Waals surface area contributed by atoms with E-state index < -0.39 is 0 Å². The van der Waals surface area contributed by atoms with Crippen molar-refractivity contribution in [3.05, 3.63) is 52.3 Å². The lowest BCUT2D eigenvalue weighted by Crippen LogP contribution is -3.15. The van der Waals surface area contributed by atoms with E-state index in [0.717, 1.165) is 48.1 Å². The molecule has 4 nitrogen and oxygen atoms in total. The van der Waals surface area contributed by atoms with Gasteiger partial charge in [-0.2, -0.15) is 0 Å². The van der Waals surface area contributed by atoms with Crippen LogP contribution in [-0.4, -0.2) is 43.1 Å². The Bertz CT molecular complexity index is 789. The highest BCUT2D eigenvalue weighted by atomic mass is 35.5. The van der Waals surface area contributed by atoms with Gasteiger partial charge in [0.05, 0.1) is 36.9 Å². The normalized spacial score (nSPS) is 15.7. The quantitative estimate of drug-likeness (QED) is 0.815. The number of Topliss-reactive ketones (excluding diaryl/α,β-unsaturated/α-hetero) is 1. The second-order valence-electron chi connectivity index (χ2n) is 7.54. The van der Waals surface area contributed by atoms with Crippen molar-refractivity contribution in [1.82, 2.24) is 4.57 Å². The van der Waals surface area contributed by atoms with Gasteiger partial charge in [-0.05, 0) is 45.9 Å². The number of benzene rings is 1. The number of nitrogens with one attached hydrogen (secondary N) is 1. The molecular weight excluding hydrogens is 346 g/mol. The minimum atomic E-state index is 0.256. The highest BCUT2D eigenvalue weighted by Gasteiger charge is 2.25. The molecule has 5 heteroatoms. The Hall–Kier alpha value is -1.78. The van der Waals surface area contributed by atoms with Gasteiger partial charge in [-0.15, -0.1) is 0 Å². The van der Waals surface area contributed by atoms with Crippen molar-refractivity contribution in [2.75, 3.05) is 37.6 Å². The van der Waals surface area contributed by atoms with Gasteiger partial charge in [0.1, 0.15) is 6.54 Å². The molecule has 0 aliphatic carbocycles. The van der Waals surface area contributed by atoms with Crippen LogP contribution in [-0.2, 0) is 0 Å². The number of nitrogens with zero attached hydrogens (tertiary/aromatic N) is 2. The summed E-state index contributed by atoms with van der Waals surface area (Å²) in [6.45, 7) is 12.8. The number of ketones is 1. The van der Waals surface area contributed by atoms with Crippen LogP contribution in [0.4, 0.5) is 5.69 Å². The zero-order valence-corrected chi connectivity index (χ0v) is 16.9. The zero-order chi connectivity index (χ0) is 18.8. The first-order valence-electron chi connectivity index (χ1n) is 9.43. The van der Waals surface area contributed by atoms with Crippen LogP contribution < -0.4 is 9.80 Å². The van der Waals surface area contributed by atoms with Crippen molar-refractivity contribution in [3.8, 4) is 0 Å². The third-order valence-corrected chi connectivity index (χ3v) is 5.70. The first-order chi connectivity index (χ1) is 12.4. The summed E-state index contributed by atoms with van der Waals surface area (Å²) in [5.74, 6) is 0.256. The lowest BCUT2D eigenvalue weighted by atomic mass is 10.1. The van der Waals surface area contributed by atoms with Crippen molar-refractivity contribution in [1.29, 1.82) is 0 Å². The van der Waals surface area contributed by atoms with Gasteiger partial charge < -0.3 is 14.4 Å². The Morgan fingerprint density at radius 3 is 2.42 bits per heavy atom. The Morgan fingerprint density at radius 1 is 1.19 bits per heavy atom. The van der Waals surface area contributed by atoms with Crippen molar-refractivity contribution < 1.29 is 9.69 Å². The second-order valence-corrected chi connectivity index (χ2v) is 7.94. The number of aromatic nitrogens is 1. The summed E-state index contributed by atoms with van der Waals surface area (Å²) in [4.78, 5) is 16.5. The minimum absolute atomic E-state index is 0.256. The molecular formula is C21H29ClN3O+. The molecule has 1 N–H and O–H groups in total. The molecule has 1 saturated heterocycles. The fourth-order valence-corrected chi connectivity index (χ4v) is 4.38. The Labute approximate surface area is 161 Å². The number of carbonyl (C=O) groups excluding carboxylic acids is 1. The molecule has 0 spiro atoms. The lowest BCUT2D eigenvalue weighted by molar-refractivity contribution is -0.892. The summed E-state index contributed by atoms with van der Waals surface area (Å²) in [6.07, 6.45) is 0. The third kappa shape index (κ3) is 3.81. The van der Waals surface area contributed by atoms with Crippen LogP contribution in [0.1, 0.15) is 41.6 Å². The summed E-state index contributed by atoms with van der Waals surface area (Å²) in [5.41, 5.74) is 4.24. The highest BCUT2D eigenvalue weighted by Crippen LogP contribution is 2.25. The minimum Gasteiger partial charge on any atom is -0.359 e. The molecule has 1 aromatic heterocycles. The summed E-state index contributed by atoms with van der Waals surface area (Å²) in [6, 6.07) is 10.4. The molecule has 0 unspecified atom stereocenters. The van der Waals surface area contributed by atoms with Crippen molar-refractivity contribution in [2.24, 2.45) is 0 Å². The first kappa shape index (κ1) is 19.0. The maximum Gasteiger partial charge on any atom is 0.218 e. The van der Waals surface area contributed by atoms with E-state index in [-0.39, 0.29) is 5.78 Å². The predicted molar refractivity (Wildman–Crippen MR) is 108 cm³/mol. The predicted octanol–water partition coefficient (Wildman–Crippen LogP) is 2.93. The summed E-state index contributed by atoms with van der Waals surface area (Å²) in [7, 11) is 0. The molecule has 2 heterocycles. The van der Waals surface area contributed by atoms with E-state index in [1.165, 1.54) is 10.6 Å². The highest BCUT2D eigenvalue weighted by molar-refractivity contribution is 6.33. The molecule has 1 fully saturated rings. The molecule has 3 rings (SSSR count). The molecule has 0 atom stereocenters. The van der Waals surface area contributed by atoms with Crippen LogP contribution in [0.15, 0.2) is 30.3 Å². The smallest absolute Gasteiger partial charge is 0.218 e. The first-order valence-corrected chi connectivity index (χ1v) is 9.81. The van der Waals surface area contributed by atoms with E-state index >= 15 is 0 Å². The molecule has 1 aliphatic rings. The van der Waals surface area contributed by atoms with Crippen LogP contribution >= 0.6 is 11.6 Å². The van der Waals surface area contributed by atoms with Crippen LogP contribution in [0.5, 0.6) is 0 Å². The average molecular weight is 375 g/mol. The van der Waals surface area contributed by atoms with Crippen molar-refractivity contribution >= 4 is 23.1 Å². The van der Waals surface area contributed by atoms with E-state index in [1.54, 1.807) is 0 Å². The van der Waals surface area contributed by atoms with E-state index in [4.69, 9.17) is 11.6 Å².